The number of aromatic nitrogens is 2. The van der Waals surface area contributed by atoms with E-state index in [1.165, 1.54) is 0 Å². The zero-order valence-corrected chi connectivity index (χ0v) is 16.3. The van der Waals surface area contributed by atoms with Gasteiger partial charge in [-0.05, 0) is 40.5 Å². The molecule has 1 aliphatic rings. The van der Waals surface area contributed by atoms with Crippen molar-refractivity contribution in [2.24, 2.45) is 7.05 Å². The molecule has 1 saturated heterocycles. The maximum Gasteiger partial charge on any atom is 0.410 e. The van der Waals surface area contributed by atoms with E-state index < -0.39 is 17.3 Å². The Kier molecular flexibility index (Phi) is 5.47. The summed E-state index contributed by atoms with van der Waals surface area (Å²) < 4.78 is 6.97. The van der Waals surface area contributed by atoms with E-state index in [1.807, 2.05) is 27.7 Å². The van der Waals surface area contributed by atoms with Crippen molar-refractivity contribution in [1.82, 2.24) is 14.7 Å². The SMILES string of the molecule is Cc1nn(C)c(C)c1C(=O)C#CC1(O)CCN(C(=O)OC(C)(C)C)CC1. The molecule has 1 aromatic heterocycles. The molecule has 0 unspecified atom stereocenters. The Morgan fingerprint density at radius 2 is 1.81 bits per heavy atom. The summed E-state index contributed by atoms with van der Waals surface area (Å²) in [6, 6.07) is 0. The van der Waals surface area contributed by atoms with E-state index >= 15 is 0 Å². The van der Waals surface area contributed by atoms with Gasteiger partial charge in [-0.3, -0.25) is 9.48 Å². The number of carbonyl (C=O) groups is 2. The van der Waals surface area contributed by atoms with Gasteiger partial charge in [0.1, 0.15) is 11.2 Å². The maximum absolute atomic E-state index is 12.4. The number of rotatable bonds is 1. The van der Waals surface area contributed by atoms with Crippen LogP contribution in [-0.4, -0.2) is 56.0 Å². The van der Waals surface area contributed by atoms with Gasteiger partial charge in [0.05, 0.1) is 11.3 Å². The van der Waals surface area contributed by atoms with Crippen LogP contribution < -0.4 is 0 Å². The molecule has 1 fully saturated rings. The standard InChI is InChI=1S/C19H27N3O4/c1-13-16(14(2)21(6)20-13)15(23)7-8-19(25)9-11-22(12-10-19)17(24)26-18(3,4)5/h25H,9-12H2,1-6H3. The van der Waals surface area contributed by atoms with E-state index in [4.69, 9.17) is 4.74 Å². The molecule has 1 amide bonds. The van der Waals surface area contributed by atoms with E-state index in [2.05, 4.69) is 16.9 Å². The summed E-state index contributed by atoms with van der Waals surface area (Å²) in [5.74, 6) is 4.92. The monoisotopic (exact) mass is 361 g/mol. The highest BCUT2D eigenvalue weighted by Gasteiger charge is 2.34. The summed E-state index contributed by atoms with van der Waals surface area (Å²) in [7, 11) is 1.77. The molecule has 0 aliphatic carbocycles. The molecule has 0 bridgehead atoms. The molecule has 142 valence electrons. The molecule has 1 aliphatic heterocycles. The van der Waals surface area contributed by atoms with Crippen LogP contribution in [0.15, 0.2) is 0 Å². The largest absolute Gasteiger partial charge is 0.444 e. The van der Waals surface area contributed by atoms with Crippen LogP contribution in [0.4, 0.5) is 4.79 Å². The molecule has 0 aromatic carbocycles. The van der Waals surface area contributed by atoms with Crippen LogP contribution in [-0.2, 0) is 11.8 Å². The number of aryl methyl sites for hydroxylation is 2. The Balaban J connectivity index is 2.03. The number of nitrogens with zero attached hydrogens (tertiary/aromatic N) is 3. The lowest BCUT2D eigenvalue weighted by Gasteiger charge is -2.35. The Morgan fingerprint density at radius 3 is 2.27 bits per heavy atom. The summed E-state index contributed by atoms with van der Waals surface area (Å²) in [4.78, 5) is 26.0. The van der Waals surface area contributed by atoms with Gasteiger partial charge in [0.15, 0.2) is 0 Å². The lowest BCUT2D eigenvalue weighted by Crippen LogP contribution is -2.47. The predicted octanol–water partition coefficient (Wildman–Crippen LogP) is 1.99. The summed E-state index contributed by atoms with van der Waals surface area (Å²) in [6.45, 7) is 9.66. The molecule has 7 heteroatoms. The van der Waals surface area contributed by atoms with Gasteiger partial charge in [-0.25, -0.2) is 4.79 Å². The molecule has 0 atom stereocenters. The second-order valence-electron chi connectivity index (χ2n) is 7.75. The smallest absolute Gasteiger partial charge is 0.410 e. The molecule has 26 heavy (non-hydrogen) atoms. The third kappa shape index (κ3) is 4.64. The number of ketones is 1. The number of piperidine rings is 1. The Hall–Kier alpha value is -2.33. The van der Waals surface area contributed by atoms with Gasteiger partial charge in [0.25, 0.3) is 0 Å². The Labute approximate surface area is 154 Å². The third-order valence-electron chi connectivity index (χ3n) is 4.39. The Morgan fingerprint density at radius 1 is 1.23 bits per heavy atom. The fraction of sp³-hybridized carbons (Fsp3) is 0.632. The van der Waals surface area contributed by atoms with Crippen molar-refractivity contribution in [1.29, 1.82) is 0 Å². The summed E-state index contributed by atoms with van der Waals surface area (Å²) in [5.41, 5.74) is 0.00803. The molecule has 0 spiro atoms. The first-order chi connectivity index (χ1) is 11.9. The first-order valence-electron chi connectivity index (χ1n) is 8.70. The fourth-order valence-electron chi connectivity index (χ4n) is 2.85. The maximum atomic E-state index is 12.4. The molecule has 7 nitrogen and oxygen atoms in total. The number of hydrogen-bond donors (Lipinski definition) is 1. The summed E-state index contributed by atoms with van der Waals surface area (Å²) >= 11 is 0. The van der Waals surface area contributed by atoms with Gasteiger partial charge in [-0.15, -0.1) is 0 Å². The van der Waals surface area contributed by atoms with Gasteiger partial charge in [0.2, 0.25) is 5.78 Å². The van der Waals surface area contributed by atoms with E-state index in [9.17, 15) is 14.7 Å². The van der Waals surface area contributed by atoms with Crippen molar-refractivity contribution in [3.63, 3.8) is 0 Å². The highest BCUT2D eigenvalue weighted by Crippen LogP contribution is 2.23. The van der Waals surface area contributed by atoms with Crippen LogP contribution in [0.2, 0.25) is 0 Å². The van der Waals surface area contributed by atoms with Crippen LogP contribution in [0.5, 0.6) is 0 Å². The number of amides is 1. The summed E-state index contributed by atoms with van der Waals surface area (Å²) in [6.07, 6.45) is 0.153. The average molecular weight is 361 g/mol. The van der Waals surface area contributed by atoms with E-state index in [1.54, 1.807) is 23.6 Å². The number of likely N-dealkylation sites (tertiary alicyclic amines) is 1. The molecule has 0 saturated carbocycles. The number of aliphatic hydroxyl groups is 1. The fourth-order valence-corrected chi connectivity index (χ4v) is 2.85. The lowest BCUT2D eigenvalue weighted by atomic mass is 9.92. The van der Waals surface area contributed by atoms with Crippen LogP contribution in [0.25, 0.3) is 0 Å². The minimum Gasteiger partial charge on any atom is -0.444 e. The predicted molar refractivity (Wildman–Crippen MR) is 96.8 cm³/mol. The minimum atomic E-state index is -1.28. The van der Waals surface area contributed by atoms with E-state index in [-0.39, 0.29) is 18.6 Å². The van der Waals surface area contributed by atoms with E-state index in [0.717, 1.165) is 5.69 Å². The van der Waals surface area contributed by atoms with Gasteiger partial charge in [-0.1, -0.05) is 5.92 Å². The van der Waals surface area contributed by atoms with Crippen molar-refractivity contribution in [2.45, 2.75) is 58.7 Å². The van der Waals surface area contributed by atoms with Crippen molar-refractivity contribution < 1.29 is 19.4 Å². The van der Waals surface area contributed by atoms with Crippen molar-refractivity contribution >= 4 is 11.9 Å². The van der Waals surface area contributed by atoms with Gasteiger partial charge in [-0.2, -0.15) is 5.10 Å². The lowest BCUT2D eigenvalue weighted by molar-refractivity contribution is -0.00519. The number of hydrogen-bond acceptors (Lipinski definition) is 5. The quantitative estimate of drug-likeness (QED) is 0.470. The van der Waals surface area contributed by atoms with Crippen molar-refractivity contribution in [2.75, 3.05) is 13.1 Å². The first-order valence-corrected chi connectivity index (χ1v) is 8.70. The van der Waals surface area contributed by atoms with E-state index in [0.29, 0.717) is 24.3 Å². The molecule has 1 N–H and O–H groups in total. The minimum absolute atomic E-state index is 0.275. The third-order valence-corrected chi connectivity index (χ3v) is 4.39. The summed E-state index contributed by atoms with van der Waals surface area (Å²) in [5, 5.41) is 14.8. The molecule has 2 rings (SSSR count). The topological polar surface area (TPSA) is 84.7 Å². The van der Waals surface area contributed by atoms with Crippen molar-refractivity contribution in [3.05, 3.63) is 17.0 Å². The van der Waals surface area contributed by atoms with Crippen LogP contribution in [0.3, 0.4) is 0 Å². The second-order valence-corrected chi connectivity index (χ2v) is 7.75. The van der Waals surface area contributed by atoms with Crippen LogP contribution >= 0.6 is 0 Å². The molecular formula is C19H27N3O4. The van der Waals surface area contributed by atoms with Crippen LogP contribution in [0, 0.1) is 25.7 Å². The van der Waals surface area contributed by atoms with Gasteiger partial charge >= 0.3 is 6.09 Å². The average Bonchev–Trinajstić information content (AvgIpc) is 2.77. The molecular weight excluding hydrogens is 334 g/mol. The van der Waals surface area contributed by atoms with Crippen molar-refractivity contribution in [3.8, 4) is 11.8 Å². The normalized spacial score (nSPS) is 16.7. The Bertz CT molecular complexity index is 769. The number of Topliss-reactive ketones (excluding diaryl/α,β-unsaturated/α-hetero) is 1. The van der Waals surface area contributed by atoms with Gasteiger partial charge in [0, 0.05) is 38.7 Å². The van der Waals surface area contributed by atoms with Gasteiger partial charge < -0.3 is 14.7 Å². The number of carbonyl (C=O) groups excluding carboxylic acids is 2. The molecule has 1 aromatic rings. The highest BCUT2D eigenvalue weighted by atomic mass is 16.6. The second kappa shape index (κ2) is 7.12. The van der Waals surface area contributed by atoms with Crippen LogP contribution in [0.1, 0.15) is 55.4 Å². The zero-order valence-electron chi connectivity index (χ0n) is 16.3. The first kappa shape index (κ1) is 20.0. The highest BCUT2D eigenvalue weighted by molar-refractivity contribution is 6.10. The molecule has 0 radical (unpaired) electrons. The molecule has 2 heterocycles. The zero-order chi connectivity index (χ0) is 19.7. The number of ether oxygens (including phenoxy) is 1.